The molecule has 128 valence electrons. The molecule has 0 radical (unpaired) electrons. The number of hydrogen-bond donors (Lipinski definition) is 0. The molecule has 1 aliphatic heterocycles. The van der Waals surface area contributed by atoms with Crippen molar-refractivity contribution in [2.45, 2.75) is 44.3 Å². The van der Waals surface area contributed by atoms with Crippen LogP contribution in [-0.2, 0) is 15.9 Å². The van der Waals surface area contributed by atoms with Crippen molar-refractivity contribution in [1.29, 1.82) is 0 Å². The minimum absolute atomic E-state index is 0.0919. The van der Waals surface area contributed by atoms with E-state index in [0.29, 0.717) is 17.8 Å². The first-order valence-electron chi connectivity index (χ1n) is 9.31. The monoisotopic (exact) mass is 326 g/mol. The van der Waals surface area contributed by atoms with E-state index in [-0.39, 0.29) is 5.41 Å². The maximum Gasteiger partial charge on any atom is 0.193 e. The van der Waals surface area contributed by atoms with E-state index in [4.69, 9.17) is 14.2 Å². The topological polar surface area (TPSA) is 27.7 Å². The summed E-state index contributed by atoms with van der Waals surface area (Å²) in [4.78, 5) is 0. The highest BCUT2D eigenvalue weighted by molar-refractivity contribution is 5.41. The summed E-state index contributed by atoms with van der Waals surface area (Å²) in [7, 11) is 1.75. The Balaban J connectivity index is 1.50. The Morgan fingerprint density at radius 1 is 1.17 bits per heavy atom. The van der Waals surface area contributed by atoms with Crippen molar-refractivity contribution in [3.05, 3.63) is 41.5 Å². The maximum absolute atomic E-state index is 6.13. The maximum atomic E-state index is 6.13. The molecule has 0 N–H and O–H groups in total. The zero-order valence-electron chi connectivity index (χ0n) is 14.6. The molecule has 1 spiro atoms. The van der Waals surface area contributed by atoms with Gasteiger partial charge in [-0.1, -0.05) is 19.1 Å². The average Bonchev–Trinajstić information content (AvgIpc) is 3.21. The minimum atomic E-state index is -0.456. The molecule has 24 heavy (non-hydrogen) atoms. The molecule has 4 atom stereocenters. The highest BCUT2D eigenvalue weighted by Crippen LogP contribution is 2.63. The van der Waals surface area contributed by atoms with E-state index in [9.17, 15) is 0 Å². The fourth-order valence-electron chi connectivity index (χ4n) is 5.97. The van der Waals surface area contributed by atoms with Gasteiger partial charge in [-0.2, -0.15) is 0 Å². The zero-order valence-corrected chi connectivity index (χ0v) is 14.6. The molecule has 0 amide bonds. The molecule has 1 aromatic rings. The Bertz CT molecular complexity index is 688. The Morgan fingerprint density at radius 2 is 2.00 bits per heavy atom. The lowest BCUT2D eigenvalue weighted by molar-refractivity contribution is -0.215. The number of allylic oxidation sites excluding steroid dienone is 1. The molecule has 2 fully saturated rings. The Hall–Kier alpha value is -1.32. The van der Waals surface area contributed by atoms with Gasteiger partial charge in [-0.25, -0.2) is 0 Å². The van der Waals surface area contributed by atoms with Crippen molar-refractivity contribution < 1.29 is 14.2 Å². The van der Waals surface area contributed by atoms with Crippen molar-refractivity contribution in [3.63, 3.8) is 0 Å². The Kier molecular flexibility index (Phi) is 3.18. The molecule has 3 unspecified atom stereocenters. The summed E-state index contributed by atoms with van der Waals surface area (Å²) < 4.78 is 17.7. The van der Waals surface area contributed by atoms with Crippen LogP contribution in [0.25, 0.3) is 0 Å². The van der Waals surface area contributed by atoms with Crippen LogP contribution in [0.5, 0.6) is 5.75 Å². The smallest absolute Gasteiger partial charge is 0.193 e. The van der Waals surface area contributed by atoms with Crippen LogP contribution in [-0.4, -0.2) is 26.1 Å². The number of hydrogen-bond acceptors (Lipinski definition) is 3. The van der Waals surface area contributed by atoms with Crippen LogP contribution in [0.3, 0.4) is 0 Å². The molecule has 1 heterocycles. The molecule has 0 bridgehead atoms. The second kappa shape index (κ2) is 5.09. The summed E-state index contributed by atoms with van der Waals surface area (Å²) >= 11 is 0. The van der Waals surface area contributed by atoms with Gasteiger partial charge in [0.05, 0.1) is 20.3 Å². The number of benzene rings is 1. The molecule has 3 nitrogen and oxygen atoms in total. The van der Waals surface area contributed by atoms with Crippen LogP contribution >= 0.6 is 0 Å². The third-order valence-electron chi connectivity index (χ3n) is 7.22. The molecule has 5 rings (SSSR count). The molecule has 1 aromatic carbocycles. The number of ether oxygens (including phenoxy) is 3. The lowest BCUT2D eigenvalue weighted by Crippen LogP contribution is -2.52. The summed E-state index contributed by atoms with van der Waals surface area (Å²) in [5.41, 5.74) is 3.13. The average molecular weight is 326 g/mol. The van der Waals surface area contributed by atoms with Gasteiger partial charge >= 0.3 is 0 Å². The van der Waals surface area contributed by atoms with Gasteiger partial charge in [0.2, 0.25) is 0 Å². The van der Waals surface area contributed by atoms with Crippen LogP contribution in [0.1, 0.15) is 43.2 Å². The molecular weight excluding hydrogens is 300 g/mol. The molecular formula is C21H26O3. The van der Waals surface area contributed by atoms with Crippen molar-refractivity contribution in [2.24, 2.45) is 17.3 Å². The van der Waals surface area contributed by atoms with Gasteiger partial charge in [-0.15, -0.1) is 0 Å². The van der Waals surface area contributed by atoms with Gasteiger partial charge < -0.3 is 14.2 Å². The number of aryl methyl sites for hydroxylation is 1. The molecule has 0 aromatic heterocycles. The molecule has 4 aliphatic rings. The number of methoxy groups -OCH3 is 1. The molecule has 3 heteroatoms. The van der Waals surface area contributed by atoms with Crippen LogP contribution in [0.4, 0.5) is 0 Å². The summed E-state index contributed by atoms with van der Waals surface area (Å²) in [5, 5.41) is 0. The van der Waals surface area contributed by atoms with Crippen LogP contribution in [0.15, 0.2) is 30.4 Å². The first kappa shape index (κ1) is 15.0. The summed E-state index contributed by atoms with van der Waals surface area (Å²) in [6, 6.07) is 6.68. The normalized spacial score (nSPS) is 38.7. The van der Waals surface area contributed by atoms with E-state index in [1.165, 1.54) is 18.4 Å². The highest BCUT2D eigenvalue weighted by Gasteiger charge is 2.62. The fraction of sp³-hybridized carbons (Fsp3) is 0.619. The van der Waals surface area contributed by atoms with Gasteiger partial charge in [0.15, 0.2) is 5.79 Å². The van der Waals surface area contributed by atoms with Gasteiger partial charge in [0, 0.05) is 5.41 Å². The largest absolute Gasteiger partial charge is 0.497 e. The fourth-order valence-corrected chi connectivity index (χ4v) is 5.97. The van der Waals surface area contributed by atoms with Crippen LogP contribution < -0.4 is 4.74 Å². The summed E-state index contributed by atoms with van der Waals surface area (Å²) in [6.45, 7) is 3.84. The standard InChI is InChI=1S/C21H26O3/c1-20-9-7-17-16-6-4-15(22-2)13-14(16)3-5-18(17)19(20)8-10-21(20)23-11-12-24-21/h4,6,8,10,13,17-19H,3,5,7,9,11-12H2,1-2H3/t17?,18?,19?,20-/m0/s1. The quantitative estimate of drug-likeness (QED) is 0.728. The van der Waals surface area contributed by atoms with E-state index in [1.54, 1.807) is 12.7 Å². The molecule has 1 saturated heterocycles. The van der Waals surface area contributed by atoms with E-state index in [2.05, 4.69) is 37.3 Å². The minimum Gasteiger partial charge on any atom is -0.497 e. The van der Waals surface area contributed by atoms with Gasteiger partial charge in [0.25, 0.3) is 0 Å². The van der Waals surface area contributed by atoms with Crippen molar-refractivity contribution in [1.82, 2.24) is 0 Å². The number of rotatable bonds is 1. The van der Waals surface area contributed by atoms with Crippen molar-refractivity contribution in [3.8, 4) is 5.75 Å². The SMILES string of the molecule is COc1ccc2c(c1)CCC1C2CC[C@@]2(C)C1C=CC21OCCO1. The highest BCUT2D eigenvalue weighted by atomic mass is 16.7. The Labute approximate surface area is 144 Å². The first-order valence-corrected chi connectivity index (χ1v) is 9.31. The van der Waals surface area contributed by atoms with Crippen molar-refractivity contribution in [2.75, 3.05) is 20.3 Å². The van der Waals surface area contributed by atoms with Gasteiger partial charge in [-0.3, -0.25) is 0 Å². The second-order valence-corrected chi connectivity index (χ2v) is 8.08. The summed E-state index contributed by atoms with van der Waals surface area (Å²) in [5.74, 6) is 2.46. The van der Waals surface area contributed by atoms with E-state index in [1.807, 2.05) is 0 Å². The van der Waals surface area contributed by atoms with Gasteiger partial charge in [-0.05, 0) is 72.8 Å². The van der Waals surface area contributed by atoms with Gasteiger partial charge in [0.1, 0.15) is 5.75 Å². The second-order valence-electron chi connectivity index (χ2n) is 8.08. The predicted octanol–water partition coefficient (Wildman–Crippen LogP) is 4.07. The van der Waals surface area contributed by atoms with E-state index < -0.39 is 5.79 Å². The first-order chi connectivity index (χ1) is 11.7. The molecule has 1 saturated carbocycles. The molecule has 3 aliphatic carbocycles. The Morgan fingerprint density at radius 3 is 2.79 bits per heavy atom. The lowest BCUT2D eigenvalue weighted by atomic mass is 9.54. The van der Waals surface area contributed by atoms with Crippen LogP contribution in [0.2, 0.25) is 0 Å². The third-order valence-corrected chi connectivity index (χ3v) is 7.22. The van der Waals surface area contributed by atoms with E-state index >= 15 is 0 Å². The lowest BCUT2D eigenvalue weighted by Gasteiger charge is -2.52. The van der Waals surface area contributed by atoms with Crippen LogP contribution in [0, 0.1) is 17.3 Å². The summed E-state index contributed by atoms with van der Waals surface area (Å²) in [6.07, 6.45) is 9.45. The number of fused-ring (bicyclic) bond motifs is 6. The third kappa shape index (κ3) is 1.80. The van der Waals surface area contributed by atoms with Crippen molar-refractivity contribution >= 4 is 0 Å². The zero-order chi connectivity index (χ0) is 16.4. The van der Waals surface area contributed by atoms with E-state index in [0.717, 1.165) is 31.8 Å². The predicted molar refractivity (Wildman–Crippen MR) is 92.2 cm³/mol.